The first-order chi connectivity index (χ1) is 14.3. The molecular formula is C24H33N3O2. The van der Waals surface area contributed by atoms with Crippen molar-refractivity contribution in [2.75, 3.05) is 45.9 Å². The van der Waals surface area contributed by atoms with Gasteiger partial charge < -0.3 is 19.9 Å². The number of nitrogens with one attached hydrogen (secondary N) is 1. The van der Waals surface area contributed by atoms with Crippen molar-refractivity contribution < 1.29 is 9.53 Å². The Balaban J connectivity index is 1.11. The molecule has 2 aliphatic heterocycles. The number of likely N-dealkylation sites (tertiary alicyclic amines) is 1. The number of allylic oxidation sites excluding steroid dienone is 2. The van der Waals surface area contributed by atoms with Crippen LogP contribution >= 0.6 is 0 Å². The molecule has 2 fully saturated rings. The van der Waals surface area contributed by atoms with Gasteiger partial charge in [0.1, 0.15) is 5.75 Å². The first-order valence-corrected chi connectivity index (χ1v) is 11.1. The van der Waals surface area contributed by atoms with Crippen LogP contribution in [0.3, 0.4) is 0 Å². The number of fused-ring (bicyclic) bond motifs is 1. The normalized spacial score (nSPS) is 23.4. The monoisotopic (exact) mass is 395 g/mol. The topological polar surface area (TPSA) is 44.8 Å². The van der Waals surface area contributed by atoms with Gasteiger partial charge in [-0.1, -0.05) is 18.6 Å². The molecule has 5 nitrogen and oxygen atoms in total. The summed E-state index contributed by atoms with van der Waals surface area (Å²) in [6.45, 7) is 6.79. The van der Waals surface area contributed by atoms with Crippen LogP contribution in [-0.2, 0) is 0 Å². The second kappa shape index (κ2) is 9.97. The predicted octanol–water partition coefficient (Wildman–Crippen LogP) is 3.30. The molecule has 2 unspecified atom stereocenters. The lowest BCUT2D eigenvalue weighted by molar-refractivity contribution is 0.0951. The zero-order valence-corrected chi connectivity index (χ0v) is 17.3. The number of nitrogens with zero attached hydrogens (tertiary/aromatic N) is 2. The van der Waals surface area contributed by atoms with E-state index in [1.54, 1.807) is 0 Å². The van der Waals surface area contributed by atoms with Gasteiger partial charge in [0.05, 0.1) is 6.61 Å². The molecule has 29 heavy (non-hydrogen) atoms. The van der Waals surface area contributed by atoms with Crippen LogP contribution in [0.1, 0.15) is 36.0 Å². The third-order valence-electron chi connectivity index (χ3n) is 6.37. The molecule has 3 aliphatic rings. The van der Waals surface area contributed by atoms with E-state index in [0.29, 0.717) is 12.1 Å². The molecule has 1 saturated carbocycles. The van der Waals surface area contributed by atoms with E-state index in [1.807, 2.05) is 42.6 Å². The smallest absolute Gasteiger partial charge is 0.251 e. The molecule has 5 heteroatoms. The van der Waals surface area contributed by atoms with Gasteiger partial charge >= 0.3 is 0 Å². The number of benzene rings is 1. The van der Waals surface area contributed by atoms with Crippen LogP contribution in [0.5, 0.6) is 5.75 Å². The number of ether oxygens (including phenoxy) is 1. The van der Waals surface area contributed by atoms with E-state index in [0.717, 1.165) is 50.2 Å². The summed E-state index contributed by atoms with van der Waals surface area (Å²) < 4.78 is 5.88. The fraction of sp³-hybridized carbons (Fsp3) is 0.542. The average Bonchev–Trinajstić information content (AvgIpc) is 3.34. The van der Waals surface area contributed by atoms with Crippen LogP contribution in [0.25, 0.3) is 0 Å². The molecule has 4 rings (SSSR count). The Morgan fingerprint density at radius 3 is 2.59 bits per heavy atom. The summed E-state index contributed by atoms with van der Waals surface area (Å²) in [5.74, 6) is 2.73. The Kier molecular flexibility index (Phi) is 6.88. The molecule has 0 radical (unpaired) electrons. The Morgan fingerprint density at radius 2 is 1.86 bits per heavy atom. The average molecular weight is 396 g/mol. The minimum Gasteiger partial charge on any atom is -0.494 e. The van der Waals surface area contributed by atoms with E-state index in [1.165, 1.54) is 32.4 Å². The largest absolute Gasteiger partial charge is 0.494 e. The molecular weight excluding hydrogens is 362 g/mol. The van der Waals surface area contributed by atoms with E-state index >= 15 is 0 Å². The predicted molar refractivity (Wildman–Crippen MR) is 116 cm³/mol. The molecule has 1 saturated heterocycles. The number of hydrogen-bond donors (Lipinski definition) is 1. The van der Waals surface area contributed by atoms with Crippen molar-refractivity contribution in [3.05, 3.63) is 54.3 Å². The number of amides is 1. The fourth-order valence-electron chi connectivity index (χ4n) is 4.78. The SMILES string of the molecule is O=C(NCCN1C=CC=CC1)c1ccc(OCCCN2CC3CCCC3C2)cc1. The van der Waals surface area contributed by atoms with Gasteiger partial charge in [0.2, 0.25) is 0 Å². The summed E-state index contributed by atoms with van der Waals surface area (Å²) in [6.07, 6.45) is 13.6. The summed E-state index contributed by atoms with van der Waals surface area (Å²) in [6, 6.07) is 7.48. The zero-order valence-electron chi connectivity index (χ0n) is 17.3. The highest BCUT2D eigenvalue weighted by atomic mass is 16.5. The first kappa shape index (κ1) is 20.0. The maximum Gasteiger partial charge on any atom is 0.251 e. The summed E-state index contributed by atoms with van der Waals surface area (Å²) in [5, 5.41) is 2.98. The highest BCUT2D eigenvalue weighted by Gasteiger charge is 2.35. The Hall–Kier alpha value is -2.27. The van der Waals surface area contributed by atoms with Crippen molar-refractivity contribution >= 4 is 5.91 Å². The Morgan fingerprint density at radius 1 is 1.07 bits per heavy atom. The van der Waals surface area contributed by atoms with Crippen molar-refractivity contribution in [2.24, 2.45) is 11.8 Å². The summed E-state index contributed by atoms with van der Waals surface area (Å²) in [4.78, 5) is 17.1. The highest BCUT2D eigenvalue weighted by Crippen LogP contribution is 2.37. The number of carbonyl (C=O) groups excluding carboxylic acids is 1. The number of hydrogen-bond acceptors (Lipinski definition) is 4. The molecule has 1 aromatic rings. The standard InChI is InChI=1S/C24H33N3O2/c28-24(25-12-16-26-13-2-1-3-14-26)20-8-10-23(11-9-20)29-17-5-15-27-18-21-6-4-7-22(21)19-27/h1-3,8-11,13,21-22H,4-7,12,14-19H2,(H,25,28). The molecule has 1 aliphatic carbocycles. The zero-order chi connectivity index (χ0) is 19.9. The molecule has 156 valence electrons. The van der Waals surface area contributed by atoms with Crippen LogP contribution in [-0.4, -0.2) is 61.6 Å². The van der Waals surface area contributed by atoms with Crippen LogP contribution < -0.4 is 10.1 Å². The first-order valence-electron chi connectivity index (χ1n) is 11.1. The molecule has 2 heterocycles. The van der Waals surface area contributed by atoms with Crippen LogP contribution in [0, 0.1) is 11.8 Å². The van der Waals surface area contributed by atoms with Crippen LogP contribution in [0.15, 0.2) is 48.7 Å². The molecule has 0 aromatic heterocycles. The molecule has 0 bridgehead atoms. The minimum absolute atomic E-state index is 0.0346. The van der Waals surface area contributed by atoms with Gasteiger partial charge in [0, 0.05) is 44.8 Å². The third kappa shape index (κ3) is 5.63. The molecule has 2 atom stereocenters. The van der Waals surface area contributed by atoms with E-state index in [9.17, 15) is 4.79 Å². The van der Waals surface area contributed by atoms with Crippen molar-refractivity contribution in [3.63, 3.8) is 0 Å². The lowest BCUT2D eigenvalue weighted by atomic mass is 10.0. The number of rotatable bonds is 9. The van der Waals surface area contributed by atoms with Crippen molar-refractivity contribution in [1.82, 2.24) is 15.1 Å². The van der Waals surface area contributed by atoms with Gasteiger partial charge in [0.25, 0.3) is 5.91 Å². The summed E-state index contributed by atoms with van der Waals surface area (Å²) >= 11 is 0. The maximum absolute atomic E-state index is 12.3. The summed E-state index contributed by atoms with van der Waals surface area (Å²) in [7, 11) is 0. The maximum atomic E-state index is 12.3. The van der Waals surface area contributed by atoms with Crippen LogP contribution in [0.2, 0.25) is 0 Å². The van der Waals surface area contributed by atoms with Crippen molar-refractivity contribution in [2.45, 2.75) is 25.7 Å². The van der Waals surface area contributed by atoms with E-state index in [4.69, 9.17) is 4.74 Å². The lowest BCUT2D eigenvalue weighted by Gasteiger charge is -2.20. The van der Waals surface area contributed by atoms with Gasteiger partial charge in [-0.25, -0.2) is 0 Å². The van der Waals surface area contributed by atoms with Gasteiger partial charge in [0.15, 0.2) is 0 Å². The second-order valence-electron chi connectivity index (χ2n) is 8.46. The quantitative estimate of drug-likeness (QED) is 0.652. The van der Waals surface area contributed by atoms with Crippen molar-refractivity contribution in [3.8, 4) is 5.75 Å². The minimum atomic E-state index is -0.0346. The van der Waals surface area contributed by atoms with Crippen LogP contribution in [0.4, 0.5) is 0 Å². The third-order valence-corrected chi connectivity index (χ3v) is 6.37. The van der Waals surface area contributed by atoms with Gasteiger partial charge in [-0.2, -0.15) is 0 Å². The Bertz CT molecular complexity index is 716. The lowest BCUT2D eigenvalue weighted by Crippen LogP contribution is -2.33. The molecule has 0 spiro atoms. The molecule has 1 N–H and O–H groups in total. The van der Waals surface area contributed by atoms with Gasteiger partial charge in [-0.3, -0.25) is 4.79 Å². The van der Waals surface area contributed by atoms with E-state index < -0.39 is 0 Å². The van der Waals surface area contributed by atoms with Crippen molar-refractivity contribution in [1.29, 1.82) is 0 Å². The Labute approximate surface area is 174 Å². The molecule has 1 aromatic carbocycles. The van der Waals surface area contributed by atoms with Gasteiger partial charge in [-0.15, -0.1) is 0 Å². The highest BCUT2D eigenvalue weighted by molar-refractivity contribution is 5.94. The number of carbonyl (C=O) groups is 1. The van der Waals surface area contributed by atoms with E-state index in [-0.39, 0.29) is 5.91 Å². The fourth-order valence-corrected chi connectivity index (χ4v) is 4.78. The molecule has 1 amide bonds. The van der Waals surface area contributed by atoms with Gasteiger partial charge in [-0.05, 0) is 67.6 Å². The van der Waals surface area contributed by atoms with E-state index in [2.05, 4.69) is 21.2 Å². The second-order valence-corrected chi connectivity index (χ2v) is 8.46. The summed E-state index contributed by atoms with van der Waals surface area (Å²) in [5.41, 5.74) is 0.676.